The standard InChI is InChI=1S/C13H19FN2O2.ClH/c1-16(13(17)7-4-8-15)9-10-18-12-6-3-2-5-11(12)14;/h2-3,5-6H,4,7-10,15H2,1H3;1H. The molecular formula is C13H20ClFN2O2. The topological polar surface area (TPSA) is 55.6 Å². The van der Waals surface area contributed by atoms with E-state index < -0.39 is 5.82 Å². The molecule has 1 aromatic rings. The van der Waals surface area contributed by atoms with Crippen molar-refractivity contribution in [3.63, 3.8) is 0 Å². The van der Waals surface area contributed by atoms with E-state index in [1.54, 1.807) is 30.1 Å². The summed E-state index contributed by atoms with van der Waals surface area (Å²) in [5.74, 6) is -0.160. The Morgan fingerprint density at radius 2 is 2.11 bits per heavy atom. The SMILES string of the molecule is CN(CCOc1ccccc1F)C(=O)CCCN.Cl. The van der Waals surface area contributed by atoms with Crippen LogP contribution in [-0.4, -0.2) is 37.6 Å². The number of hydrogen-bond donors (Lipinski definition) is 1. The highest BCUT2D eigenvalue weighted by molar-refractivity contribution is 5.85. The molecular weight excluding hydrogens is 271 g/mol. The predicted molar refractivity (Wildman–Crippen MR) is 75.1 cm³/mol. The zero-order valence-electron chi connectivity index (χ0n) is 11.0. The summed E-state index contributed by atoms with van der Waals surface area (Å²) in [5, 5.41) is 0. The Morgan fingerprint density at radius 3 is 2.74 bits per heavy atom. The number of ether oxygens (including phenoxy) is 1. The first-order valence-electron chi connectivity index (χ1n) is 5.96. The smallest absolute Gasteiger partial charge is 0.222 e. The number of likely N-dealkylation sites (N-methyl/N-ethyl adjacent to an activating group) is 1. The van der Waals surface area contributed by atoms with Crippen molar-refractivity contribution in [1.29, 1.82) is 0 Å². The van der Waals surface area contributed by atoms with E-state index in [1.165, 1.54) is 6.07 Å². The average Bonchev–Trinajstić information content (AvgIpc) is 2.38. The monoisotopic (exact) mass is 290 g/mol. The van der Waals surface area contributed by atoms with Gasteiger partial charge in [0.25, 0.3) is 0 Å². The van der Waals surface area contributed by atoms with Crippen molar-refractivity contribution in [2.45, 2.75) is 12.8 Å². The Balaban J connectivity index is 0.00000324. The van der Waals surface area contributed by atoms with Gasteiger partial charge in [0.2, 0.25) is 5.91 Å². The molecule has 0 fully saturated rings. The van der Waals surface area contributed by atoms with E-state index >= 15 is 0 Å². The van der Waals surface area contributed by atoms with E-state index in [2.05, 4.69) is 0 Å². The van der Waals surface area contributed by atoms with Gasteiger partial charge in [-0.2, -0.15) is 0 Å². The molecule has 6 heteroatoms. The van der Waals surface area contributed by atoms with Crippen molar-refractivity contribution in [2.75, 3.05) is 26.7 Å². The van der Waals surface area contributed by atoms with Crippen LogP contribution in [0.4, 0.5) is 4.39 Å². The van der Waals surface area contributed by atoms with Gasteiger partial charge in [-0.3, -0.25) is 4.79 Å². The largest absolute Gasteiger partial charge is 0.489 e. The van der Waals surface area contributed by atoms with Gasteiger partial charge in [0.1, 0.15) is 6.61 Å². The third-order valence-electron chi connectivity index (χ3n) is 2.54. The predicted octanol–water partition coefficient (Wildman–Crippen LogP) is 1.82. The molecule has 0 saturated carbocycles. The second-order valence-electron chi connectivity index (χ2n) is 3.99. The fourth-order valence-electron chi connectivity index (χ4n) is 1.42. The van der Waals surface area contributed by atoms with Crippen molar-refractivity contribution >= 4 is 18.3 Å². The van der Waals surface area contributed by atoms with E-state index in [0.717, 1.165) is 0 Å². The highest BCUT2D eigenvalue weighted by atomic mass is 35.5. The fourth-order valence-corrected chi connectivity index (χ4v) is 1.42. The molecule has 0 spiro atoms. The van der Waals surface area contributed by atoms with Crippen molar-refractivity contribution in [3.05, 3.63) is 30.1 Å². The van der Waals surface area contributed by atoms with Crippen molar-refractivity contribution in [2.24, 2.45) is 5.73 Å². The summed E-state index contributed by atoms with van der Waals surface area (Å²) in [6.07, 6.45) is 1.12. The highest BCUT2D eigenvalue weighted by Gasteiger charge is 2.08. The van der Waals surface area contributed by atoms with Crippen LogP contribution in [-0.2, 0) is 4.79 Å². The lowest BCUT2D eigenvalue weighted by Crippen LogP contribution is -2.31. The molecule has 1 rings (SSSR count). The van der Waals surface area contributed by atoms with Gasteiger partial charge in [-0.15, -0.1) is 12.4 Å². The zero-order valence-corrected chi connectivity index (χ0v) is 11.8. The molecule has 0 heterocycles. The Bertz CT molecular complexity index is 391. The summed E-state index contributed by atoms with van der Waals surface area (Å²) in [6.45, 7) is 1.20. The van der Waals surface area contributed by atoms with E-state index in [0.29, 0.717) is 25.9 Å². The molecule has 0 radical (unpaired) electrons. The molecule has 1 amide bonds. The van der Waals surface area contributed by atoms with Crippen LogP contribution in [0, 0.1) is 5.82 Å². The molecule has 0 aliphatic heterocycles. The quantitative estimate of drug-likeness (QED) is 0.833. The van der Waals surface area contributed by atoms with Gasteiger partial charge in [-0.1, -0.05) is 12.1 Å². The number of nitrogens with zero attached hydrogens (tertiary/aromatic N) is 1. The normalized spacial score (nSPS) is 9.63. The van der Waals surface area contributed by atoms with Crippen molar-refractivity contribution in [3.8, 4) is 5.75 Å². The number of hydrogen-bond acceptors (Lipinski definition) is 3. The first-order chi connectivity index (χ1) is 8.65. The van der Waals surface area contributed by atoms with Crippen LogP contribution < -0.4 is 10.5 Å². The second-order valence-corrected chi connectivity index (χ2v) is 3.99. The lowest BCUT2D eigenvalue weighted by Gasteiger charge is -2.17. The minimum Gasteiger partial charge on any atom is -0.489 e. The lowest BCUT2D eigenvalue weighted by molar-refractivity contribution is -0.130. The summed E-state index contributed by atoms with van der Waals surface area (Å²) < 4.78 is 18.5. The Morgan fingerprint density at radius 1 is 1.42 bits per heavy atom. The number of amides is 1. The summed E-state index contributed by atoms with van der Waals surface area (Å²) in [4.78, 5) is 13.1. The first-order valence-corrected chi connectivity index (χ1v) is 5.96. The maximum Gasteiger partial charge on any atom is 0.222 e. The van der Waals surface area contributed by atoms with Gasteiger partial charge in [0, 0.05) is 13.5 Å². The van der Waals surface area contributed by atoms with Gasteiger partial charge in [-0.25, -0.2) is 4.39 Å². The zero-order chi connectivity index (χ0) is 13.4. The molecule has 2 N–H and O–H groups in total. The van der Waals surface area contributed by atoms with Crippen LogP contribution in [0.25, 0.3) is 0 Å². The number of halogens is 2. The number of benzene rings is 1. The minimum atomic E-state index is -0.394. The number of carbonyl (C=O) groups is 1. The summed E-state index contributed by atoms with van der Waals surface area (Å²) >= 11 is 0. The third kappa shape index (κ3) is 6.40. The van der Waals surface area contributed by atoms with Gasteiger partial charge >= 0.3 is 0 Å². The van der Waals surface area contributed by atoms with Crippen LogP contribution in [0.15, 0.2) is 24.3 Å². The average molecular weight is 291 g/mol. The van der Waals surface area contributed by atoms with Crippen LogP contribution in [0.3, 0.4) is 0 Å². The second kappa shape index (κ2) is 9.58. The van der Waals surface area contributed by atoms with Gasteiger partial charge in [0.15, 0.2) is 11.6 Å². The summed E-state index contributed by atoms with van der Waals surface area (Å²) in [7, 11) is 1.70. The molecule has 0 unspecified atom stereocenters. The van der Waals surface area contributed by atoms with Gasteiger partial charge in [-0.05, 0) is 25.1 Å². The van der Waals surface area contributed by atoms with Crippen LogP contribution >= 0.6 is 12.4 Å². The molecule has 0 saturated heterocycles. The van der Waals surface area contributed by atoms with Gasteiger partial charge in [0.05, 0.1) is 6.54 Å². The molecule has 1 aromatic carbocycles. The molecule has 19 heavy (non-hydrogen) atoms. The van der Waals surface area contributed by atoms with E-state index in [4.69, 9.17) is 10.5 Å². The van der Waals surface area contributed by atoms with Gasteiger partial charge < -0.3 is 15.4 Å². The number of rotatable bonds is 7. The fraction of sp³-hybridized carbons (Fsp3) is 0.462. The Kier molecular flexibility index (Phi) is 8.91. The molecule has 0 aromatic heterocycles. The maximum atomic E-state index is 13.2. The van der Waals surface area contributed by atoms with Crippen molar-refractivity contribution < 1.29 is 13.9 Å². The lowest BCUT2D eigenvalue weighted by atomic mass is 10.3. The molecule has 0 atom stereocenters. The molecule has 0 aliphatic rings. The first kappa shape index (κ1) is 17.7. The third-order valence-corrected chi connectivity index (χ3v) is 2.54. The van der Waals surface area contributed by atoms with E-state index in [-0.39, 0.29) is 30.7 Å². The molecule has 108 valence electrons. The van der Waals surface area contributed by atoms with Crippen molar-refractivity contribution in [1.82, 2.24) is 4.90 Å². The van der Waals surface area contributed by atoms with Crippen LogP contribution in [0.1, 0.15) is 12.8 Å². The van der Waals surface area contributed by atoms with E-state index in [1.807, 2.05) is 0 Å². The summed E-state index contributed by atoms with van der Waals surface area (Å²) in [6, 6.07) is 6.20. The van der Waals surface area contributed by atoms with Crippen LogP contribution in [0.2, 0.25) is 0 Å². The maximum absolute atomic E-state index is 13.2. The number of nitrogens with two attached hydrogens (primary N) is 1. The Labute approximate surface area is 119 Å². The van der Waals surface area contributed by atoms with E-state index in [9.17, 15) is 9.18 Å². The summed E-state index contributed by atoms with van der Waals surface area (Å²) in [5.41, 5.74) is 5.33. The number of para-hydroxylation sites is 1. The molecule has 0 bridgehead atoms. The highest BCUT2D eigenvalue weighted by Crippen LogP contribution is 2.14. The Hall–Kier alpha value is -1.33. The molecule has 0 aliphatic carbocycles. The van der Waals surface area contributed by atoms with Crippen LogP contribution in [0.5, 0.6) is 5.75 Å². The minimum absolute atomic E-state index is 0. The number of carbonyl (C=O) groups excluding carboxylic acids is 1. The molecule has 4 nitrogen and oxygen atoms in total.